The minimum atomic E-state index is -1.19. The molecule has 0 aromatic carbocycles. The summed E-state index contributed by atoms with van der Waals surface area (Å²) in [6, 6.07) is 0. The van der Waals surface area contributed by atoms with Gasteiger partial charge in [0.25, 0.3) is 0 Å². The summed E-state index contributed by atoms with van der Waals surface area (Å²) < 4.78 is 1.28. The van der Waals surface area contributed by atoms with Gasteiger partial charge in [0.1, 0.15) is 0 Å². The quantitative estimate of drug-likeness (QED) is 0.661. The Morgan fingerprint density at radius 1 is 1.27 bits per heavy atom. The minimum absolute atomic E-state index is 0.0775. The number of aliphatic carboxylic acids is 1. The molecule has 1 aromatic heterocycles. The monoisotopic (exact) mass is 310 g/mol. The van der Waals surface area contributed by atoms with E-state index in [1.807, 2.05) is 6.92 Å². The first-order valence-electron chi connectivity index (χ1n) is 7.12. The first-order valence-corrected chi connectivity index (χ1v) is 7.12. The van der Waals surface area contributed by atoms with Gasteiger partial charge in [0.05, 0.1) is 11.9 Å². The maximum atomic E-state index is 11.7. The van der Waals surface area contributed by atoms with Crippen molar-refractivity contribution in [1.82, 2.24) is 15.1 Å². The lowest BCUT2D eigenvalue weighted by Gasteiger charge is -2.19. The van der Waals surface area contributed by atoms with Gasteiger partial charge in [0.2, 0.25) is 11.8 Å². The lowest BCUT2D eigenvalue weighted by atomic mass is 10.1. The molecular formula is C14H22N4O4. The predicted octanol–water partition coefficient (Wildman–Crippen LogP) is 0.948. The Morgan fingerprint density at radius 3 is 2.50 bits per heavy atom. The van der Waals surface area contributed by atoms with Gasteiger partial charge in [0.15, 0.2) is 5.54 Å². The summed E-state index contributed by atoms with van der Waals surface area (Å²) in [4.78, 5) is 34.1. The van der Waals surface area contributed by atoms with E-state index in [1.54, 1.807) is 0 Å². The molecule has 0 aliphatic heterocycles. The summed E-state index contributed by atoms with van der Waals surface area (Å²) >= 11 is 0. The lowest BCUT2D eigenvalue weighted by molar-refractivity contribution is -0.146. The molecule has 0 unspecified atom stereocenters. The normalized spacial score (nSPS) is 11.0. The number of carbonyl (C=O) groups excluding carboxylic acids is 2. The topological polar surface area (TPSA) is 113 Å². The lowest BCUT2D eigenvalue weighted by Crippen LogP contribution is -2.35. The molecule has 1 heterocycles. The maximum Gasteiger partial charge on any atom is 0.331 e. The smallest absolute Gasteiger partial charge is 0.331 e. The molecule has 8 heteroatoms. The molecule has 0 spiro atoms. The highest BCUT2D eigenvalue weighted by molar-refractivity contribution is 5.90. The molecule has 22 heavy (non-hydrogen) atoms. The van der Waals surface area contributed by atoms with Crippen LogP contribution in [0.5, 0.6) is 0 Å². The van der Waals surface area contributed by atoms with Gasteiger partial charge < -0.3 is 15.7 Å². The number of anilines is 1. The SMILES string of the molecule is CCNC(=O)CCCC(=O)Nc1cnn(C(C)(C)C(=O)O)c1. The highest BCUT2D eigenvalue weighted by atomic mass is 16.4. The van der Waals surface area contributed by atoms with Gasteiger partial charge in [0, 0.05) is 25.6 Å². The standard InChI is InChI=1S/C14H22N4O4/c1-4-15-11(19)6-5-7-12(20)17-10-8-16-18(9-10)14(2,3)13(21)22/h8-9H,4-7H2,1-3H3,(H,15,19)(H,17,20)(H,21,22). The van der Waals surface area contributed by atoms with Crippen molar-refractivity contribution >= 4 is 23.5 Å². The molecule has 3 N–H and O–H groups in total. The zero-order chi connectivity index (χ0) is 16.8. The number of carboxylic acid groups (broad SMARTS) is 1. The molecule has 122 valence electrons. The van der Waals surface area contributed by atoms with Crippen molar-refractivity contribution in [2.75, 3.05) is 11.9 Å². The van der Waals surface area contributed by atoms with Crippen LogP contribution in [0.1, 0.15) is 40.0 Å². The van der Waals surface area contributed by atoms with Crippen molar-refractivity contribution in [3.8, 4) is 0 Å². The van der Waals surface area contributed by atoms with E-state index in [0.29, 0.717) is 25.1 Å². The van der Waals surface area contributed by atoms with Gasteiger partial charge in [-0.1, -0.05) is 0 Å². The minimum Gasteiger partial charge on any atom is -0.479 e. The highest BCUT2D eigenvalue weighted by Crippen LogP contribution is 2.17. The molecule has 1 rings (SSSR count). The molecule has 0 saturated heterocycles. The average Bonchev–Trinajstić information content (AvgIpc) is 2.87. The molecule has 8 nitrogen and oxygen atoms in total. The number of carboxylic acids is 1. The third-order valence-corrected chi connectivity index (χ3v) is 3.14. The molecule has 2 amide bonds. The van der Waals surface area contributed by atoms with Crippen LogP contribution >= 0.6 is 0 Å². The van der Waals surface area contributed by atoms with Crippen molar-refractivity contribution in [3.63, 3.8) is 0 Å². The highest BCUT2D eigenvalue weighted by Gasteiger charge is 2.30. The Bertz CT molecular complexity index is 551. The number of aromatic nitrogens is 2. The summed E-state index contributed by atoms with van der Waals surface area (Å²) in [6.07, 6.45) is 3.83. The average molecular weight is 310 g/mol. The number of nitrogens with one attached hydrogen (secondary N) is 2. The molecule has 1 aromatic rings. The molecule has 0 aliphatic carbocycles. The van der Waals surface area contributed by atoms with Crippen LogP contribution in [0.3, 0.4) is 0 Å². The van der Waals surface area contributed by atoms with Crippen molar-refractivity contribution in [1.29, 1.82) is 0 Å². The number of carbonyl (C=O) groups is 3. The first kappa shape index (κ1) is 17.7. The number of amides is 2. The van der Waals surface area contributed by atoms with Crippen LogP contribution in [0, 0.1) is 0 Å². The fraction of sp³-hybridized carbons (Fsp3) is 0.571. The molecule has 0 aliphatic rings. The van der Waals surface area contributed by atoms with Crippen molar-refractivity contribution < 1.29 is 19.5 Å². The third-order valence-electron chi connectivity index (χ3n) is 3.14. The summed E-state index contributed by atoms with van der Waals surface area (Å²) in [5, 5.41) is 18.4. The Balaban J connectivity index is 2.48. The van der Waals surface area contributed by atoms with E-state index in [2.05, 4.69) is 15.7 Å². The Hall–Kier alpha value is -2.38. The maximum absolute atomic E-state index is 11.7. The fourth-order valence-electron chi connectivity index (χ4n) is 1.71. The molecule has 0 saturated carbocycles. The van der Waals surface area contributed by atoms with Crippen LogP contribution < -0.4 is 10.6 Å². The summed E-state index contributed by atoms with van der Waals surface area (Å²) in [5.74, 6) is -1.33. The summed E-state index contributed by atoms with van der Waals surface area (Å²) in [5.41, 5.74) is -0.765. The first-order chi connectivity index (χ1) is 10.3. The van der Waals surface area contributed by atoms with Gasteiger partial charge in [-0.15, -0.1) is 0 Å². The largest absolute Gasteiger partial charge is 0.479 e. The Morgan fingerprint density at radius 2 is 1.91 bits per heavy atom. The second-order valence-corrected chi connectivity index (χ2v) is 5.39. The summed E-state index contributed by atoms with van der Waals surface area (Å²) in [6.45, 7) is 5.44. The molecule has 0 atom stereocenters. The summed E-state index contributed by atoms with van der Waals surface area (Å²) in [7, 11) is 0. The number of rotatable bonds is 8. The Kier molecular flexibility index (Phi) is 6.09. The second kappa shape index (κ2) is 7.58. The number of hydrogen-bond acceptors (Lipinski definition) is 4. The van der Waals surface area contributed by atoms with E-state index in [4.69, 9.17) is 5.11 Å². The molecule has 0 bridgehead atoms. The van der Waals surface area contributed by atoms with Crippen LogP contribution in [-0.2, 0) is 19.9 Å². The van der Waals surface area contributed by atoms with Crippen molar-refractivity contribution in [2.45, 2.75) is 45.6 Å². The Labute approximate surface area is 128 Å². The number of hydrogen-bond donors (Lipinski definition) is 3. The van der Waals surface area contributed by atoms with E-state index in [0.717, 1.165) is 0 Å². The van der Waals surface area contributed by atoms with Gasteiger partial charge in [-0.25, -0.2) is 4.79 Å². The zero-order valence-corrected chi connectivity index (χ0v) is 13.0. The van der Waals surface area contributed by atoms with Crippen LogP contribution in [0.2, 0.25) is 0 Å². The third kappa shape index (κ3) is 4.87. The van der Waals surface area contributed by atoms with Gasteiger partial charge in [-0.3, -0.25) is 14.3 Å². The van der Waals surface area contributed by atoms with E-state index in [1.165, 1.54) is 30.9 Å². The van der Waals surface area contributed by atoms with E-state index in [9.17, 15) is 14.4 Å². The van der Waals surface area contributed by atoms with Crippen molar-refractivity contribution in [3.05, 3.63) is 12.4 Å². The predicted molar refractivity (Wildman–Crippen MR) is 80.3 cm³/mol. The molecular weight excluding hydrogens is 288 g/mol. The van der Waals surface area contributed by atoms with Gasteiger partial charge >= 0.3 is 5.97 Å². The van der Waals surface area contributed by atoms with Crippen LogP contribution in [-0.4, -0.2) is 39.2 Å². The van der Waals surface area contributed by atoms with Crippen molar-refractivity contribution in [2.24, 2.45) is 0 Å². The van der Waals surface area contributed by atoms with E-state index >= 15 is 0 Å². The second-order valence-electron chi connectivity index (χ2n) is 5.39. The van der Waals surface area contributed by atoms with Crippen LogP contribution in [0.4, 0.5) is 5.69 Å². The van der Waals surface area contributed by atoms with Gasteiger partial charge in [-0.05, 0) is 27.2 Å². The van der Waals surface area contributed by atoms with E-state index < -0.39 is 11.5 Å². The van der Waals surface area contributed by atoms with E-state index in [-0.39, 0.29) is 18.2 Å². The zero-order valence-electron chi connectivity index (χ0n) is 13.0. The fourth-order valence-corrected chi connectivity index (χ4v) is 1.71. The number of nitrogens with zero attached hydrogens (tertiary/aromatic N) is 2. The van der Waals surface area contributed by atoms with Crippen LogP contribution in [0.15, 0.2) is 12.4 Å². The van der Waals surface area contributed by atoms with Crippen LogP contribution in [0.25, 0.3) is 0 Å². The molecule has 0 fully saturated rings. The molecule has 0 radical (unpaired) electrons. The van der Waals surface area contributed by atoms with Gasteiger partial charge in [-0.2, -0.15) is 5.10 Å².